The van der Waals surface area contributed by atoms with Crippen LogP contribution in [0.25, 0.3) is 0 Å². The van der Waals surface area contributed by atoms with Gasteiger partial charge in [0, 0.05) is 14.9 Å². The van der Waals surface area contributed by atoms with Crippen LogP contribution in [-0.4, -0.2) is 18.6 Å². The first-order chi connectivity index (χ1) is 8.33. The number of hydrogen-bond donors (Lipinski definition) is 0. The average Bonchev–Trinajstić information content (AvgIpc) is 2.25. The third kappa shape index (κ3) is 5.05. The Morgan fingerprint density at radius 2 is 2.11 bits per heavy atom. The average molecular weight is 390 g/mol. The van der Waals surface area contributed by atoms with Crippen molar-refractivity contribution in [3.63, 3.8) is 0 Å². The van der Waals surface area contributed by atoms with Gasteiger partial charge in [-0.2, -0.15) is 13.2 Å². The molecule has 0 unspecified atom stereocenters. The van der Waals surface area contributed by atoms with Crippen LogP contribution < -0.4 is 0 Å². The number of carbonyl (C=O) groups is 1. The Morgan fingerprint density at radius 1 is 1.44 bits per heavy atom. The smallest absolute Gasteiger partial charge is 0.446 e. The van der Waals surface area contributed by atoms with Gasteiger partial charge in [0.25, 0.3) is 0 Å². The number of alkyl halides is 3. The second-order valence-electron chi connectivity index (χ2n) is 3.34. The highest BCUT2D eigenvalue weighted by molar-refractivity contribution is 14.1. The van der Waals surface area contributed by atoms with Gasteiger partial charge in [-0.25, -0.2) is 0 Å². The molecule has 7 heteroatoms. The summed E-state index contributed by atoms with van der Waals surface area (Å²) in [5.74, 6) is -0.433. The summed E-state index contributed by atoms with van der Waals surface area (Å²) in [6.45, 7) is 0. The number of rotatable bonds is 4. The lowest BCUT2D eigenvalue weighted by Gasteiger charge is -2.12. The van der Waals surface area contributed by atoms with Crippen LogP contribution in [0.2, 0.25) is 0 Å². The highest BCUT2D eigenvalue weighted by Crippen LogP contribution is 2.39. The van der Waals surface area contributed by atoms with Crippen molar-refractivity contribution in [3.05, 3.63) is 27.3 Å². The number of ether oxygens (including phenoxy) is 1. The molecule has 1 aromatic carbocycles. The zero-order chi connectivity index (χ0) is 13.8. The molecule has 0 aliphatic heterocycles. The van der Waals surface area contributed by atoms with Crippen molar-refractivity contribution < 1.29 is 22.7 Å². The number of methoxy groups -OCH3 is 1. The molecule has 0 fully saturated rings. The van der Waals surface area contributed by atoms with Crippen LogP contribution in [0, 0.1) is 3.57 Å². The van der Waals surface area contributed by atoms with Gasteiger partial charge in [-0.1, -0.05) is 6.07 Å². The first-order valence-corrected chi connectivity index (χ1v) is 6.83. The van der Waals surface area contributed by atoms with Crippen LogP contribution in [-0.2, 0) is 16.0 Å². The molecule has 1 aromatic rings. The predicted octanol–water partition coefficient (Wildman–Crippen LogP) is 4.01. The predicted molar refractivity (Wildman–Crippen MR) is 71.4 cm³/mol. The lowest BCUT2D eigenvalue weighted by Crippen LogP contribution is -2.06. The Balaban J connectivity index is 2.90. The van der Waals surface area contributed by atoms with Gasteiger partial charge in [-0.3, -0.25) is 4.79 Å². The van der Waals surface area contributed by atoms with Crippen molar-refractivity contribution in [2.24, 2.45) is 0 Å². The Labute approximate surface area is 120 Å². The van der Waals surface area contributed by atoms with Crippen molar-refractivity contribution >= 4 is 40.3 Å². The zero-order valence-electron chi connectivity index (χ0n) is 9.38. The maximum atomic E-state index is 12.4. The van der Waals surface area contributed by atoms with Gasteiger partial charge >= 0.3 is 11.5 Å². The number of thioether (sulfide) groups is 1. The highest BCUT2D eigenvalue weighted by Gasteiger charge is 2.30. The van der Waals surface area contributed by atoms with Gasteiger partial charge in [0.05, 0.1) is 7.11 Å². The van der Waals surface area contributed by atoms with E-state index in [-0.39, 0.29) is 29.5 Å². The van der Waals surface area contributed by atoms with Crippen molar-refractivity contribution in [2.75, 3.05) is 7.11 Å². The van der Waals surface area contributed by atoms with Crippen LogP contribution in [0.3, 0.4) is 0 Å². The normalized spacial score (nSPS) is 11.4. The van der Waals surface area contributed by atoms with Gasteiger partial charge in [0.1, 0.15) is 0 Å². The minimum Gasteiger partial charge on any atom is -0.469 e. The molecule has 100 valence electrons. The third-order valence-corrected chi connectivity index (χ3v) is 3.95. The zero-order valence-corrected chi connectivity index (χ0v) is 12.4. The number of halogens is 4. The standard InChI is InChI=1S/C11H10F3IO2S/c1-17-10(16)6-5-7-8(15)3-2-4-9(7)18-11(12,13)14/h2-4H,5-6H2,1H3. The Kier molecular flexibility index (Phi) is 5.77. The van der Waals surface area contributed by atoms with E-state index in [2.05, 4.69) is 4.74 Å². The van der Waals surface area contributed by atoms with Crippen molar-refractivity contribution in [3.8, 4) is 0 Å². The summed E-state index contributed by atoms with van der Waals surface area (Å²) in [4.78, 5) is 11.2. The van der Waals surface area contributed by atoms with Crippen molar-refractivity contribution in [1.29, 1.82) is 0 Å². The Hall–Kier alpha value is -0.440. The molecule has 0 saturated heterocycles. The topological polar surface area (TPSA) is 26.3 Å². The van der Waals surface area contributed by atoms with E-state index in [0.29, 0.717) is 9.13 Å². The van der Waals surface area contributed by atoms with E-state index >= 15 is 0 Å². The van der Waals surface area contributed by atoms with Crippen LogP contribution in [0.1, 0.15) is 12.0 Å². The summed E-state index contributed by atoms with van der Waals surface area (Å²) >= 11 is 1.81. The summed E-state index contributed by atoms with van der Waals surface area (Å²) in [5, 5.41) is 0. The van der Waals surface area contributed by atoms with Gasteiger partial charge in [0.15, 0.2) is 0 Å². The monoisotopic (exact) mass is 390 g/mol. The molecule has 0 aliphatic rings. The summed E-state index contributed by atoms with van der Waals surface area (Å²) in [5.41, 5.74) is -3.80. The van der Waals surface area contributed by atoms with Crippen LogP contribution in [0.15, 0.2) is 23.1 Å². The first kappa shape index (κ1) is 15.6. The summed E-state index contributed by atoms with van der Waals surface area (Å²) in [6, 6.07) is 4.69. The number of esters is 1. The van der Waals surface area contributed by atoms with E-state index in [0.717, 1.165) is 0 Å². The van der Waals surface area contributed by atoms with Gasteiger partial charge in [-0.15, -0.1) is 0 Å². The molecule has 0 aromatic heterocycles. The Bertz CT molecular complexity index is 435. The highest BCUT2D eigenvalue weighted by atomic mass is 127. The molecule has 0 spiro atoms. The molecule has 2 nitrogen and oxygen atoms in total. The molecule has 0 N–H and O–H groups in total. The van der Waals surface area contributed by atoms with E-state index < -0.39 is 11.5 Å². The number of carbonyl (C=O) groups excluding carboxylic acids is 1. The fourth-order valence-electron chi connectivity index (χ4n) is 1.33. The van der Waals surface area contributed by atoms with E-state index in [9.17, 15) is 18.0 Å². The van der Waals surface area contributed by atoms with Gasteiger partial charge in [0.2, 0.25) is 0 Å². The van der Waals surface area contributed by atoms with Crippen molar-refractivity contribution in [2.45, 2.75) is 23.2 Å². The SMILES string of the molecule is COC(=O)CCc1c(I)cccc1SC(F)(F)F. The minimum atomic E-state index is -4.33. The lowest BCUT2D eigenvalue weighted by molar-refractivity contribution is -0.140. The molecule has 1 rings (SSSR count). The molecule has 0 amide bonds. The Morgan fingerprint density at radius 3 is 2.67 bits per heavy atom. The molecule has 0 aliphatic carbocycles. The fourth-order valence-corrected chi connectivity index (χ4v) is 3.01. The molecule has 0 radical (unpaired) electrons. The third-order valence-electron chi connectivity index (χ3n) is 2.11. The van der Waals surface area contributed by atoms with Crippen LogP contribution in [0.5, 0.6) is 0 Å². The first-order valence-electron chi connectivity index (χ1n) is 4.93. The molecule has 0 heterocycles. The minimum absolute atomic E-state index is 0.0714. The van der Waals surface area contributed by atoms with E-state index in [4.69, 9.17) is 0 Å². The maximum absolute atomic E-state index is 12.4. The number of hydrogen-bond acceptors (Lipinski definition) is 3. The molecule has 0 bridgehead atoms. The molecular formula is C11H10F3IO2S. The van der Waals surface area contributed by atoms with Gasteiger partial charge < -0.3 is 4.74 Å². The van der Waals surface area contributed by atoms with Gasteiger partial charge in [-0.05, 0) is 58.5 Å². The number of benzene rings is 1. The fraction of sp³-hybridized carbons (Fsp3) is 0.364. The van der Waals surface area contributed by atoms with Crippen LogP contribution >= 0.6 is 34.4 Å². The second-order valence-corrected chi connectivity index (χ2v) is 5.61. The van der Waals surface area contributed by atoms with E-state index in [1.165, 1.54) is 13.2 Å². The van der Waals surface area contributed by atoms with E-state index in [1.807, 2.05) is 22.6 Å². The maximum Gasteiger partial charge on any atom is 0.446 e. The summed E-state index contributed by atoms with van der Waals surface area (Å²) < 4.78 is 42.4. The molecule has 0 saturated carbocycles. The quantitative estimate of drug-likeness (QED) is 0.442. The van der Waals surface area contributed by atoms with Crippen LogP contribution in [0.4, 0.5) is 13.2 Å². The molecular weight excluding hydrogens is 380 g/mol. The van der Waals surface area contributed by atoms with E-state index in [1.54, 1.807) is 12.1 Å². The second kappa shape index (κ2) is 6.65. The lowest BCUT2D eigenvalue weighted by atomic mass is 10.1. The molecule has 0 atom stereocenters. The van der Waals surface area contributed by atoms with Crippen molar-refractivity contribution in [1.82, 2.24) is 0 Å². The largest absolute Gasteiger partial charge is 0.469 e. The summed E-state index contributed by atoms with van der Waals surface area (Å²) in [7, 11) is 1.25. The molecule has 18 heavy (non-hydrogen) atoms. The summed E-state index contributed by atoms with van der Waals surface area (Å²) in [6.07, 6.45) is 0.312.